The van der Waals surface area contributed by atoms with Gasteiger partial charge in [0.1, 0.15) is 22.3 Å². The van der Waals surface area contributed by atoms with Gasteiger partial charge in [-0.3, -0.25) is 0 Å². The van der Waals surface area contributed by atoms with Gasteiger partial charge in [-0.15, -0.1) is 22.7 Å². The zero-order valence-corrected chi connectivity index (χ0v) is 60.1. The molecule has 0 spiro atoms. The highest BCUT2D eigenvalue weighted by Crippen LogP contribution is 2.60. The molecule has 0 saturated heterocycles. The summed E-state index contributed by atoms with van der Waals surface area (Å²) in [7, 11) is 0. The Labute approximate surface area is 617 Å². The summed E-state index contributed by atoms with van der Waals surface area (Å²) in [5.41, 5.74) is 25.8. The molecule has 22 aromatic rings. The summed E-state index contributed by atoms with van der Waals surface area (Å²) in [6.45, 7) is 9.69. The zero-order valence-electron chi connectivity index (χ0n) is 58.5. The quantitative estimate of drug-likeness (QED) is 0.161. The summed E-state index contributed by atoms with van der Waals surface area (Å²) in [4.78, 5) is 0. The van der Waals surface area contributed by atoms with E-state index in [1.807, 2.05) is 22.7 Å². The van der Waals surface area contributed by atoms with Gasteiger partial charge in [-0.25, -0.2) is 0 Å². The van der Waals surface area contributed by atoms with Crippen molar-refractivity contribution in [1.29, 1.82) is 0 Å². The van der Waals surface area contributed by atoms with Gasteiger partial charge in [-0.2, -0.15) is 0 Å². The van der Waals surface area contributed by atoms with E-state index in [2.05, 4.69) is 331 Å². The van der Waals surface area contributed by atoms with Crippen LogP contribution < -0.4 is 0 Å². The Hall–Kier alpha value is -12.4. The van der Waals surface area contributed by atoms with Crippen molar-refractivity contribution in [3.05, 3.63) is 326 Å². The average molecular weight is 1380 g/mol. The Bertz CT molecular complexity index is 7660. The van der Waals surface area contributed by atoms with Crippen molar-refractivity contribution in [3.63, 3.8) is 0 Å². The third kappa shape index (κ3) is 7.79. The lowest BCUT2D eigenvalue weighted by atomic mass is 9.79. The van der Waals surface area contributed by atoms with Crippen LogP contribution in [0, 0.1) is 0 Å². The monoisotopic (exact) mass is 1380 g/mol. The fourth-order valence-corrected chi connectivity index (χ4v) is 22.2. The first-order chi connectivity index (χ1) is 52.1. The van der Waals surface area contributed by atoms with Gasteiger partial charge in [-0.1, -0.05) is 270 Å². The van der Waals surface area contributed by atoms with Crippen molar-refractivity contribution >= 4 is 172 Å². The van der Waals surface area contributed by atoms with Crippen LogP contribution in [-0.4, -0.2) is 0 Å². The number of thiophene rings is 2. The lowest BCUT2D eigenvalue weighted by molar-refractivity contribution is 0.660. The highest BCUT2D eigenvalue weighted by atomic mass is 32.1. The topological polar surface area (TPSA) is 26.3 Å². The molecule has 2 aliphatic carbocycles. The molecule has 24 rings (SSSR count). The van der Waals surface area contributed by atoms with Crippen LogP contribution >= 0.6 is 22.7 Å². The van der Waals surface area contributed by atoms with Crippen molar-refractivity contribution in [2.45, 2.75) is 38.5 Å². The van der Waals surface area contributed by atoms with Crippen molar-refractivity contribution in [2.75, 3.05) is 0 Å². The largest absolute Gasteiger partial charge is 0.456 e. The standard InChI is InChI=1S/C102H62O2S2/c1-101(2)79-48-40-55-37-42-70-59-21-13-17-33-83(59)104-99(70)92(55)95(79)72-43-38-58(52-81(72)101)91-65-27-9-11-29-67(65)93(68-30-12-10-28-66(68)91)76-46-45-71(100-94(76)75-32-16-20-36-87(75)106-100)77-54-85-97(74-31-14-18-34-84(74)103-85)98-69(77)47-49-80-96(98)73-44-39-57(53-82(73)102(80,3)4)90-63-25-7-5-23-61(63)89(62-24-6-8-26-64(62)90)56-41-50-88-78(51-56)60-22-15-19-35-86(60)105-88/h5-54H,1-4H3. The molecule has 494 valence electrons. The first kappa shape index (κ1) is 59.0. The Morgan fingerprint density at radius 2 is 0.660 bits per heavy atom. The van der Waals surface area contributed by atoms with Crippen LogP contribution in [0.15, 0.2) is 312 Å². The maximum absolute atomic E-state index is 7.16. The van der Waals surface area contributed by atoms with Gasteiger partial charge in [0, 0.05) is 89.1 Å². The molecule has 0 atom stereocenters. The molecule has 0 amide bonds. The second-order valence-corrected chi connectivity index (χ2v) is 32.8. The predicted octanol–water partition coefficient (Wildman–Crippen LogP) is 30.1. The molecular formula is C102H62O2S2. The van der Waals surface area contributed by atoms with E-state index in [4.69, 9.17) is 8.83 Å². The normalized spacial score (nSPS) is 13.8. The minimum absolute atomic E-state index is 0.271. The van der Waals surface area contributed by atoms with Crippen molar-refractivity contribution in [2.24, 2.45) is 0 Å². The second-order valence-electron chi connectivity index (χ2n) is 30.7. The van der Waals surface area contributed by atoms with Crippen molar-refractivity contribution < 1.29 is 8.83 Å². The first-order valence-corrected chi connectivity index (χ1v) is 38.6. The van der Waals surface area contributed by atoms with Crippen LogP contribution in [0.25, 0.3) is 227 Å². The second kappa shape index (κ2) is 21.1. The Morgan fingerprint density at radius 3 is 1.26 bits per heavy atom. The third-order valence-corrected chi connectivity index (χ3v) is 27.0. The number of para-hydroxylation sites is 2. The number of furan rings is 2. The van der Waals surface area contributed by atoms with E-state index in [0.29, 0.717) is 0 Å². The molecule has 0 radical (unpaired) electrons. The number of hydrogen-bond acceptors (Lipinski definition) is 4. The molecule has 0 aliphatic heterocycles. The molecule has 2 aliphatic rings. The van der Waals surface area contributed by atoms with Crippen LogP contribution in [0.4, 0.5) is 0 Å². The molecular weight excluding hydrogens is 1320 g/mol. The van der Waals surface area contributed by atoms with Gasteiger partial charge in [0.25, 0.3) is 0 Å². The molecule has 0 N–H and O–H groups in total. The van der Waals surface area contributed by atoms with Gasteiger partial charge in [0.15, 0.2) is 0 Å². The van der Waals surface area contributed by atoms with Gasteiger partial charge in [0.2, 0.25) is 0 Å². The molecule has 0 unspecified atom stereocenters. The summed E-state index contributed by atoms with van der Waals surface area (Å²) < 4.78 is 19.1. The smallest absolute Gasteiger partial charge is 0.143 e. The molecule has 106 heavy (non-hydrogen) atoms. The number of rotatable bonds is 5. The fourth-order valence-electron chi connectivity index (χ4n) is 19.9. The van der Waals surface area contributed by atoms with Crippen LogP contribution in [0.3, 0.4) is 0 Å². The van der Waals surface area contributed by atoms with Crippen molar-refractivity contribution in [1.82, 2.24) is 0 Å². The van der Waals surface area contributed by atoms with Gasteiger partial charge in [0.05, 0.1) is 0 Å². The molecule has 0 fully saturated rings. The molecule has 4 heteroatoms. The minimum Gasteiger partial charge on any atom is -0.456 e. The van der Waals surface area contributed by atoms with E-state index in [1.54, 1.807) is 0 Å². The van der Waals surface area contributed by atoms with E-state index in [9.17, 15) is 0 Å². The maximum Gasteiger partial charge on any atom is 0.143 e. The summed E-state index contributed by atoms with van der Waals surface area (Å²) >= 11 is 3.78. The summed E-state index contributed by atoms with van der Waals surface area (Å²) in [5.74, 6) is 0. The number of fused-ring (bicyclic) bond motifs is 28. The van der Waals surface area contributed by atoms with E-state index in [-0.39, 0.29) is 10.8 Å². The van der Waals surface area contributed by atoms with E-state index < -0.39 is 0 Å². The van der Waals surface area contributed by atoms with Crippen LogP contribution in [-0.2, 0) is 10.8 Å². The SMILES string of the molecule is CC1(C)c2cc(-c3c4ccccc4c(-c4ccc(-c5cc6oc7ccccc7c6c6c7c(ccc56)C(C)(C)c5cc(-c6c8ccccc8c(-c8ccc9sc%10ccccc%10c9c8)c8ccccc68)ccc5-7)c5sc6ccccc6c45)c4ccccc34)ccc2-c2c1ccc1ccc3c4ccccc4oc3c21. The Morgan fingerprint density at radius 1 is 0.226 bits per heavy atom. The Kier molecular flexibility index (Phi) is 11.8. The zero-order chi connectivity index (χ0) is 69.7. The van der Waals surface area contributed by atoms with Gasteiger partial charge in [-0.05, 0) is 209 Å². The molecule has 18 aromatic carbocycles. The van der Waals surface area contributed by atoms with E-state index in [0.717, 1.165) is 43.9 Å². The van der Waals surface area contributed by atoms with E-state index >= 15 is 0 Å². The van der Waals surface area contributed by atoms with Gasteiger partial charge < -0.3 is 8.83 Å². The highest BCUT2D eigenvalue weighted by Gasteiger charge is 2.40. The van der Waals surface area contributed by atoms with E-state index in [1.165, 1.54) is 205 Å². The third-order valence-electron chi connectivity index (χ3n) is 24.6. The van der Waals surface area contributed by atoms with Gasteiger partial charge >= 0.3 is 0 Å². The number of benzene rings is 18. The highest BCUT2D eigenvalue weighted by molar-refractivity contribution is 7.26. The minimum atomic E-state index is -0.342. The lowest BCUT2D eigenvalue weighted by Crippen LogP contribution is -2.15. The molecule has 0 saturated carbocycles. The summed E-state index contributed by atoms with van der Waals surface area (Å²) in [6.07, 6.45) is 0. The number of hydrogen-bond donors (Lipinski definition) is 0. The lowest BCUT2D eigenvalue weighted by Gasteiger charge is -2.23. The average Bonchev–Trinajstić information content (AvgIpc) is 0.959. The molecule has 2 nitrogen and oxygen atoms in total. The van der Waals surface area contributed by atoms with Crippen molar-refractivity contribution in [3.8, 4) is 77.9 Å². The van der Waals surface area contributed by atoms with Crippen LogP contribution in [0.2, 0.25) is 0 Å². The fraction of sp³-hybridized carbons (Fsp3) is 0.0588. The summed E-state index contributed by atoms with van der Waals surface area (Å²) in [6, 6.07) is 115. The Balaban J connectivity index is 0.694. The maximum atomic E-state index is 7.16. The molecule has 4 aromatic heterocycles. The molecule has 0 bridgehead atoms. The van der Waals surface area contributed by atoms with Crippen LogP contribution in [0.5, 0.6) is 0 Å². The first-order valence-electron chi connectivity index (χ1n) is 36.9. The summed E-state index contributed by atoms with van der Waals surface area (Å²) in [5, 5.41) is 24.6. The molecule has 4 heterocycles. The van der Waals surface area contributed by atoms with Crippen LogP contribution in [0.1, 0.15) is 49.9 Å². The predicted molar refractivity (Wildman–Crippen MR) is 454 cm³/mol.